The highest BCUT2D eigenvalue weighted by Crippen LogP contribution is 2.42. The van der Waals surface area contributed by atoms with Gasteiger partial charge in [0.25, 0.3) is 0 Å². The fraction of sp³-hybridized carbons (Fsp3) is 0. The molecule has 0 saturated carbocycles. The largest absolute Gasteiger partial charge is 0.507 e. The van der Waals surface area contributed by atoms with Crippen molar-refractivity contribution in [2.45, 2.75) is 0 Å². The van der Waals surface area contributed by atoms with E-state index in [4.69, 9.17) is 17.2 Å². The van der Waals surface area contributed by atoms with Crippen LogP contribution in [-0.4, -0.2) is 21.8 Å². The van der Waals surface area contributed by atoms with Gasteiger partial charge >= 0.3 is 0 Å². The Bertz CT molecular complexity index is 843. The number of hydrogen-bond acceptors (Lipinski definition) is 7. The first-order valence-electron chi connectivity index (χ1n) is 5.96. The summed E-state index contributed by atoms with van der Waals surface area (Å²) in [6, 6.07) is 3.63. The van der Waals surface area contributed by atoms with E-state index >= 15 is 0 Å². The second-order valence-electron chi connectivity index (χ2n) is 4.73. The predicted octanol–water partition coefficient (Wildman–Crippen LogP) is 0.620. The Kier molecular flexibility index (Phi) is 2.37. The van der Waals surface area contributed by atoms with Gasteiger partial charge in [0.05, 0.1) is 27.9 Å². The van der Waals surface area contributed by atoms with Crippen molar-refractivity contribution in [3.63, 3.8) is 0 Å². The molecule has 0 aliphatic heterocycles. The normalized spacial score (nSPS) is 13.0. The Morgan fingerprint density at radius 1 is 0.714 bits per heavy atom. The molecule has 0 saturated heterocycles. The van der Waals surface area contributed by atoms with E-state index in [1.54, 1.807) is 0 Å². The van der Waals surface area contributed by atoms with Crippen molar-refractivity contribution in [1.29, 1.82) is 0 Å². The quantitative estimate of drug-likeness (QED) is 0.230. The zero-order valence-electron chi connectivity index (χ0n) is 10.7. The van der Waals surface area contributed by atoms with Gasteiger partial charge in [-0.25, -0.2) is 0 Å². The lowest BCUT2D eigenvalue weighted by molar-refractivity contribution is 0.0978. The van der Waals surface area contributed by atoms with E-state index in [1.165, 1.54) is 12.1 Å². The number of hydrogen-bond donors (Lipinski definition) is 5. The van der Waals surface area contributed by atoms with Crippen LogP contribution < -0.4 is 17.2 Å². The number of aromatic hydroxyl groups is 2. The first-order chi connectivity index (χ1) is 9.84. The molecule has 0 aromatic heterocycles. The maximum Gasteiger partial charge on any atom is 0.200 e. The second kappa shape index (κ2) is 3.89. The number of benzene rings is 2. The summed E-state index contributed by atoms with van der Waals surface area (Å²) < 4.78 is 0. The average molecular weight is 285 g/mol. The minimum absolute atomic E-state index is 0.0353. The number of nitrogens with two attached hydrogens (primary N) is 3. The lowest BCUT2D eigenvalue weighted by Gasteiger charge is -2.22. The Labute approximate surface area is 118 Å². The Morgan fingerprint density at radius 2 is 1.29 bits per heavy atom. The molecule has 0 spiro atoms. The number of rotatable bonds is 0. The van der Waals surface area contributed by atoms with E-state index in [0.29, 0.717) is 0 Å². The second-order valence-corrected chi connectivity index (χ2v) is 4.73. The summed E-state index contributed by atoms with van der Waals surface area (Å²) in [5.74, 6) is -2.08. The highest BCUT2D eigenvalue weighted by molar-refractivity contribution is 6.34. The summed E-state index contributed by atoms with van der Waals surface area (Å²) in [6.45, 7) is 0. The highest BCUT2D eigenvalue weighted by atomic mass is 16.3. The van der Waals surface area contributed by atoms with E-state index in [2.05, 4.69) is 0 Å². The number of carbonyl (C=O) groups is 2. The van der Waals surface area contributed by atoms with Crippen LogP contribution in [0.1, 0.15) is 31.8 Å². The smallest absolute Gasteiger partial charge is 0.200 e. The van der Waals surface area contributed by atoms with Crippen molar-refractivity contribution in [3.8, 4) is 11.5 Å². The van der Waals surface area contributed by atoms with Gasteiger partial charge in [-0.1, -0.05) is 0 Å². The van der Waals surface area contributed by atoms with Crippen LogP contribution in [0.2, 0.25) is 0 Å². The number of nitrogen functional groups attached to an aromatic ring is 3. The molecule has 2 aromatic carbocycles. The summed E-state index contributed by atoms with van der Waals surface area (Å²) in [5.41, 5.74) is 16.2. The molecule has 0 bridgehead atoms. The standard InChI is InChI=1S/C14H11N3O4/c15-4-1-2-6(18)10-8(4)14(21)11-9(13(10)20)5(16)3-7(19)12(11)17/h1-3,18-19H,15-17H2. The molecular weight excluding hydrogens is 274 g/mol. The van der Waals surface area contributed by atoms with Crippen molar-refractivity contribution in [2.75, 3.05) is 17.2 Å². The molecule has 0 radical (unpaired) electrons. The molecular formula is C14H11N3O4. The average Bonchev–Trinajstić information content (AvgIpc) is 2.42. The highest BCUT2D eigenvalue weighted by Gasteiger charge is 2.37. The van der Waals surface area contributed by atoms with Crippen molar-refractivity contribution < 1.29 is 19.8 Å². The number of phenols is 2. The van der Waals surface area contributed by atoms with E-state index in [1.807, 2.05) is 0 Å². The van der Waals surface area contributed by atoms with E-state index in [-0.39, 0.29) is 45.1 Å². The van der Waals surface area contributed by atoms with Crippen LogP contribution in [0, 0.1) is 0 Å². The zero-order valence-corrected chi connectivity index (χ0v) is 10.7. The van der Waals surface area contributed by atoms with Crippen LogP contribution in [0.5, 0.6) is 11.5 Å². The van der Waals surface area contributed by atoms with Crippen molar-refractivity contribution in [1.82, 2.24) is 0 Å². The van der Waals surface area contributed by atoms with Crippen LogP contribution in [0.25, 0.3) is 0 Å². The van der Waals surface area contributed by atoms with Gasteiger partial charge in [0.15, 0.2) is 11.6 Å². The third-order valence-electron chi connectivity index (χ3n) is 3.50. The van der Waals surface area contributed by atoms with Gasteiger partial charge in [-0.15, -0.1) is 0 Å². The number of phenolic OH excluding ortho intramolecular Hbond substituents is 2. The van der Waals surface area contributed by atoms with Crippen LogP contribution in [0.3, 0.4) is 0 Å². The molecule has 1 aliphatic rings. The topological polar surface area (TPSA) is 153 Å². The maximum absolute atomic E-state index is 12.6. The third-order valence-corrected chi connectivity index (χ3v) is 3.50. The lowest BCUT2D eigenvalue weighted by atomic mass is 9.81. The summed E-state index contributed by atoms with van der Waals surface area (Å²) in [4.78, 5) is 25.1. The van der Waals surface area contributed by atoms with Crippen LogP contribution >= 0.6 is 0 Å². The molecule has 7 heteroatoms. The van der Waals surface area contributed by atoms with Crippen molar-refractivity contribution in [3.05, 3.63) is 40.5 Å². The molecule has 1 aliphatic carbocycles. The number of fused-ring (bicyclic) bond motifs is 2. The number of ketones is 2. The fourth-order valence-electron chi connectivity index (χ4n) is 2.52. The number of carbonyl (C=O) groups excluding carboxylic acids is 2. The van der Waals surface area contributed by atoms with E-state index in [0.717, 1.165) is 6.07 Å². The summed E-state index contributed by atoms with van der Waals surface area (Å²) in [7, 11) is 0. The summed E-state index contributed by atoms with van der Waals surface area (Å²) in [5, 5.41) is 19.5. The van der Waals surface area contributed by atoms with Gasteiger partial charge in [-0.3, -0.25) is 9.59 Å². The Hall–Kier alpha value is -3.22. The molecule has 3 rings (SSSR count). The first kappa shape index (κ1) is 12.8. The van der Waals surface area contributed by atoms with Crippen molar-refractivity contribution >= 4 is 28.6 Å². The molecule has 0 atom stereocenters. The molecule has 0 unspecified atom stereocenters. The van der Waals surface area contributed by atoms with Gasteiger partial charge in [-0.2, -0.15) is 0 Å². The van der Waals surface area contributed by atoms with Gasteiger partial charge in [0.2, 0.25) is 0 Å². The Morgan fingerprint density at radius 3 is 1.95 bits per heavy atom. The van der Waals surface area contributed by atoms with E-state index in [9.17, 15) is 19.8 Å². The van der Waals surface area contributed by atoms with E-state index < -0.39 is 17.3 Å². The SMILES string of the molecule is Nc1ccc(O)c2c1C(=O)c1c(N)c(O)cc(N)c1C2=O. The molecule has 0 fully saturated rings. The predicted molar refractivity (Wildman–Crippen MR) is 76.3 cm³/mol. The van der Waals surface area contributed by atoms with Gasteiger partial charge in [0, 0.05) is 17.4 Å². The van der Waals surface area contributed by atoms with Gasteiger partial charge in [0.1, 0.15) is 11.5 Å². The van der Waals surface area contributed by atoms with Crippen LogP contribution in [-0.2, 0) is 0 Å². The Balaban J connectivity index is 2.47. The molecule has 106 valence electrons. The van der Waals surface area contributed by atoms with Crippen LogP contribution in [0.15, 0.2) is 18.2 Å². The number of anilines is 3. The van der Waals surface area contributed by atoms with Gasteiger partial charge < -0.3 is 27.4 Å². The fourth-order valence-corrected chi connectivity index (χ4v) is 2.52. The monoisotopic (exact) mass is 285 g/mol. The molecule has 0 amide bonds. The van der Waals surface area contributed by atoms with Gasteiger partial charge in [-0.05, 0) is 12.1 Å². The first-order valence-corrected chi connectivity index (χ1v) is 5.96. The summed E-state index contributed by atoms with van der Waals surface area (Å²) >= 11 is 0. The molecule has 8 N–H and O–H groups in total. The summed E-state index contributed by atoms with van der Waals surface area (Å²) in [6.07, 6.45) is 0. The minimum Gasteiger partial charge on any atom is -0.507 e. The van der Waals surface area contributed by atoms with Crippen molar-refractivity contribution in [2.24, 2.45) is 0 Å². The zero-order chi connectivity index (χ0) is 15.5. The lowest BCUT2D eigenvalue weighted by Crippen LogP contribution is -2.25. The third kappa shape index (κ3) is 1.48. The minimum atomic E-state index is -0.659. The molecule has 2 aromatic rings. The molecule has 0 heterocycles. The maximum atomic E-state index is 12.6. The molecule has 21 heavy (non-hydrogen) atoms. The van der Waals surface area contributed by atoms with Crippen LogP contribution in [0.4, 0.5) is 17.1 Å². The molecule has 7 nitrogen and oxygen atoms in total.